The van der Waals surface area contributed by atoms with Crippen molar-refractivity contribution in [3.63, 3.8) is 0 Å². The van der Waals surface area contributed by atoms with E-state index in [9.17, 15) is 9.59 Å². The van der Waals surface area contributed by atoms with Crippen LogP contribution in [0.5, 0.6) is 0 Å². The second-order valence-electron chi connectivity index (χ2n) is 7.45. The Morgan fingerprint density at radius 1 is 1.22 bits per heavy atom. The zero-order chi connectivity index (χ0) is 18.6. The van der Waals surface area contributed by atoms with Crippen molar-refractivity contribution in [2.24, 2.45) is 5.92 Å². The fourth-order valence-electron chi connectivity index (χ4n) is 3.69. The maximum absolute atomic E-state index is 12.6. The molecule has 5 nitrogen and oxygen atoms in total. The molecule has 1 unspecified atom stereocenters. The normalized spacial score (nSPS) is 20.3. The monoisotopic (exact) mass is 403 g/mol. The van der Waals surface area contributed by atoms with Crippen LogP contribution in [-0.2, 0) is 11.2 Å². The molecular weight excluding hydrogens is 378 g/mol. The Morgan fingerprint density at radius 2 is 2.11 bits per heavy atom. The van der Waals surface area contributed by atoms with E-state index in [4.69, 9.17) is 4.98 Å². The largest absolute Gasteiger partial charge is 0.355 e. The van der Waals surface area contributed by atoms with Crippen LogP contribution in [0.15, 0.2) is 22.2 Å². The maximum Gasteiger partial charge on any atom is 0.254 e. The van der Waals surface area contributed by atoms with Gasteiger partial charge in [0.1, 0.15) is 0 Å². The number of hydrogen-bond donors (Lipinski definition) is 1. The zero-order valence-corrected chi connectivity index (χ0v) is 17.0. The highest BCUT2D eigenvalue weighted by Crippen LogP contribution is 2.30. The first-order chi connectivity index (χ1) is 13.2. The van der Waals surface area contributed by atoms with E-state index in [1.807, 2.05) is 21.7 Å². The van der Waals surface area contributed by atoms with Crippen LogP contribution >= 0.6 is 22.7 Å². The second-order valence-corrected chi connectivity index (χ2v) is 9.12. The van der Waals surface area contributed by atoms with Gasteiger partial charge in [0.25, 0.3) is 5.91 Å². The Balaban J connectivity index is 1.29. The number of hydrogen-bond acceptors (Lipinski definition) is 5. The van der Waals surface area contributed by atoms with Crippen molar-refractivity contribution in [3.05, 3.63) is 38.5 Å². The van der Waals surface area contributed by atoms with Gasteiger partial charge in [-0.3, -0.25) is 9.59 Å². The quantitative estimate of drug-likeness (QED) is 0.800. The molecule has 2 aromatic rings. The van der Waals surface area contributed by atoms with Crippen LogP contribution in [0.4, 0.5) is 0 Å². The number of aromatic nitrogens is 1. The van der Waals surface area contributed by atoms with E-state index < -0.39 is 0 Å². The second kappa shape index (κ2) is 8.52. The number of nitrogens with one attached hydrogen (secondary N) is 1. The molecule has 0 spiro atoms. The topological polar surface area (TPSA) is 62.3 Å². The van der Waals surface area contributed by atoms with E-state index in [1.54, 1.807) is 22.7 Å². The van der Waals surface area contributed by atoms with Gasteiger partial charge in [-0.1, -0.05) is 6.42 Å². The lowest BCUT2D eigenvalue weighted by Gasteiger charge is -2.31. The van der Waals surface area contributed by atoms with Crippen LogP contribution in [-0.4, -0.2) is 41.3 Å². The number of carbonyl (C=O) groups is 2. The van der Waals surface area contributed by atoms with Crippen molar-refractivity contribution < 1.29 is 9.59 Å². The molecule has 2 aliphatic rings. The van der Waals surface area contributed by atoms with E-state index in [0.717, 1.165) is 61.5 Å². The summed E-state index contributed by atoms with van der Waals surface area (Å²) in [6.07, 6.45) is 6.13. The van der Waals surface area contributed by atoms with Gasteiger partial charge in [0.2, 0.25) is 5.91 Å². The van der Waals surface area contributed by atoms with Crippen molar-refractivity contribution in [1.82, 2.24) is 15.2 Å². The fourth-order valence-corrected chi connectivity index (χ4v) is 5.30. The van der Waals surface area contributed by atoms with E-state index in [2.05, 4.69) is 10.7 Å². The highest BCUT2D eigenvalue weighted by Gasteiger charge is 2.28. The van der Waals surface area contributed by atoms with E-state index >= 15 is 0 Å². The Labute approximate surface area is 167 Å². The van der Waals surface area contributed by atoms with Crippen molar-refractivity contribution in [1.29, 1.82) is 0 Å². The number of thiophene rings is 1. The fraction of sp³-hybridized carbons (Fsp3) is 0.550. The van der Waals surface area contributed by atoms with Crippen LogP contribution in [0.2, 0.25) is 0 Å². The zero-order valence-electron chi connectivity index (χ0n) is 15.4. The van der Waals surface area contributed by atoms with E-state index in [-0.39, 0.29) is 17.7 Å². The summed E-state index contributed by atoms with van der Waals surface area (Å²) in [7, 11) is 0. The molecular formula is C20H25N3O2S2. The minimum Gasteiger partial charge on any atom is -0.355 e. The first kappa shape index (κ1) is 18.6. The molecule has 0 aromatic carbocycles. The Bertz CT molecular complexity index is 783. The molecule has 0 bridgehead atoms. The number of likely N-dealkylation sites (tertiary alicyclic amines) is 1. The molecule has 27 heavy (non-hydrogen) atoms. The van der Waals surface area contributed by atoms with E-state index in [0.29, 0.717) is 12.5 Å². The molecule has 1 N–H and O–H groups in total. The average Bonchev–Trinajstić information content (AvgIpc) is 3.32. The number of amides is 2. The van der Waals surface area contributed by atoms with Gasteiger partial charge < -0.3 is 10.2 Å². The van der Waals surface area contributed by atoms with Crippen LogP contribution < -0.4 is 5.32 Å². The minimum atomic E-state index is 0.136. The highest BCUT2D eigenvalue weighted by atomic mass is 32.1. The van der Waals surface area contributed by atoms with Gasteiger partial charge in [0, 0.05) is 48.7 Å². The summed E-state index contributed by atoms with van der Waals surface area (Å²) >= 11 is 3.25. The van der Waals surface area contributed by atoms with Gasteiger partial charge in [-0.2, -0.15) is 11.3 Å². The van der Waals surface area contributed by atoms with Gasteiger partial charge in [-0.15, -0.1) is 11.3 Å². The van der Waals surface area contributed by atoms with Gasteiger partial charge >= 0.3 is 0 Å². The molecule has 7 heteroatoms. The van der Waals surface area contributed by atoms with Crippen LogP contribution in [0.3, 0.4) is 0 Å². The third-order valence-electron chi connectivity index (χ3n) is 5.55. The van der Waals surface area contributed by atoms with Gasteiger partial charge in [0.15, 0.2) is 0 Å². The van der Waals surface area contributed by atoms with Crippen LogP contribution in [0.1, 0.15) is 59.1 Å². The number of piperidine rings is 1. The molecule has 2 aromatic heterocycles. The smallest absolute Gasteiger partial charge is 0.254 e. The number of carbonyl (C=O) groups excluding carboxylic acids is 2. The summed E-state index contributed by atoms with van der Waals surface area (Å²) in [5.41, 5.74) is 1.84. The Kier molecular flexibility index (Phi) is 5.88. The molecule has 144 valence electrons. The Morgan fingerprint density at radius 3 is 2.85 bits per heavy atom. The molecule has 1 atom stereocenters. The molecule has 1 saturated heterocycles. The maximum atomic E-state index is 12.6. The molecule has 1 aliphatic carbocycles. The number of rotatable bonds is 6. The van der Waals surface area contributed by atoms with Gasteiger partial charge in [-0.05, 0) is 37.1 Å². The van der Waals surface area contributed by atoms with Crippen molar-refractivity contribution >= 4 is 34.5 Å². The average molecular weight is 404 g/mol. The molecule has 1 saturated carbocycles. The standard InChI is InChI=1S/C20H25N3O2S2/c24-18(14-3-1-4-14)21-8-6-17-13-27-19(22-17)15-5-2-9-23(11-15)20(25)16-7-10-26-12-16/h7,10,12-15H,1-6,8-9,11H2,(H,21,24). The summed E-state index contributed by atoms with van der Waals surface area (Å²) in [5.74, 6) is 0.901. The highest BCUT2D eigenvalue weighted by molar-refractivity contribution is 7.09. The lowest BCUT2D eigenvalue weighted by Crippen LogP contribution is -2.39. The third-order valence-corrected chi connectivity index (χ3v) is 7.29. The predicted octanol–water partition coefficient (Wildman–Crippen LogP) is 3.68. The molecule has 2 amide bonds. The predicted molar refractivity (Wildman–Crippen MR) is 108 cm³/mol. The summed E-state index contributed by atoms with van der Waals surface area (Å²) in [5, 5.41) is 10.1. The van der Waals surface area contributed by atoms with Crippen molar-refractivity contribution in [3.8, 4) is 0 Å². The molecule has 1 aliphatic heterocycles. The van der Waals surface area contributed by atoms with Gasteiger partial charge in [-0.25, -0.2) is 4.98 Å². The SMILES string of the molecule is O=C(NCCc1csc(C2CCCN(C(=O)c3ccsc3)C2)n1)C1CCC1. The summed E-state index contributed by atoms with van der Waals surface area (Å²) in [4.78, 5) is 31.3. The lowest BCUT2D eigenvalue weighted by atomic mass is 9.85. The lowest BCUT2D eigenvalue weighted by molar-refractivity contribution is -0.127. The minimum absolute atomic E-state index is 0.136. The van der Waals surface area contributed by atoms with Gasteiger partial charge in [0.05, 0.1) is 16.3 Å². The summed E-state index contributed by atoms with van der Waals surface area (Å²) in [6.45, 7) is 2.24. The van der Waals surface area contributed by atoms with Crippen LogP contribution in [0, 0.1) is 5.92 Å². The molecule has 4 rings (SSSR count). The Hall–Kier alpha value is -1.73. The first-order valence-electron chi connectivity index (χ1n) is 9.74. The van der Waals surface area contributed by atoms with Crippen LogP contribution in [0.25, 0.3) is 0 Å². The van der Waals surface area contributed by atoms with Crippen molar-refractivity contribution in [2.45, 2.75) is 44.4 Å². The van der Waals surface area contributed by atoms with E-state index in [1.165, 1.54) is 6.42 Å². The molecule has 2 fully saturated rings. The number of nitrogens with zero attached hydrogens (tertiary/aromatic N) is 2. The third kappa shape index (κ3) is 4.41. The molecule has 3 heterocycles. The first-order valence-corrected chi connectivity index (χ1v) is 11.6. The van der Waals surface area contributed by atoms with Crippen molar-refractivity contribution in [2.75, 3.05) is 19.6 Å². The number of thiazole rings is 1. The summed E-state index contributed by atoms with van der Waals surface area (Å²) < 4.78 is 0. The molecule has 0 radical (unpaired) electrons. The summed E-state index contributed by atoms with van der Waals surface area (Å²) in [6, 6.07) is 1.90.